The molecule has 1 aliphatic heterocycles. The predicted octanol–water partition coefficient (Wildman–Crippen LogP) is 1.40. The first kappa shape index (κ1) is 8.84. The Bertz CT molecular complexity index is 248. The third kappa shape index (κ3) is 1.86. The number of rotatable bonds is 1. The number of nitrogens with one attached hydrogen (secondary N) is 1. The van der Waals surface area contributed by atoms with Crippen LogP contribution in [0.3, 0.4) is 0 Å². The van der Waals surface area contributed by atoms with Gasteiger partial charge < -0.3 is 5.32 Å². The molecule has 0 radical (unpaired) electrons. The SMILES string of the molecule is O=C(Cl)C1=C(Cl)N=CNC1Cl. The number of hydrogen-bond acceptors (Lipinski definition) is 3. The lowest BCUT2D eigenvalue weighted by Crippen LogP contribution is -2.30. The second-order valence-electron chi connectivity index (χ2n) is 1.77. The molecule has 1 heterocycles. The Morgan fingerprint density at radius 3 is 2.73 bits per heavy atom. The van der Waals surface area contributed by atoms with Gasteiger partial charge in [0.15, 0.2) is 0 Å². The summed E-state index contributed by atoms with van der Waals surface area (Å²) in [7, 11) is 0. The molecule has 0 fully saturated rings. The van der Waals surface area contributed by atoms with Gasteiger partial charge in [-0.25, -0.2) is 4.99 Å². The summed E-state index contributed by atoms with van der Waals surface area (Å²) in [4.78, 5) is 14.2. The predicted molar refractivity (Wildman–Crippen MR) is 45.0 cm³/mol. The Morgan fingerprint density at radius 1 is 1.73 bits per heavy atom. The maximum Gasteiger partial charge on any atom is 0.254 e. The van der Waals surface area contributed by atoms with Crippen LogP contribution < -0.4 is 5.32 Å². The molecule has 1 atom stereocenters. The van der Waals surface area contributed by atoms with Crippen molar-refractivity contribution in [2.24, 2.45) is 4.99 Å². The van der Waals surface area contributed by atoms with Crippen molar-refractivity contribution in [3.05, 3.63) is 10.7 Å². The van der Waals surface area contributed by atoms with Gasteiger partial charge in [-0.1, -0.05) is 23.2 Å². The molecule has 0 saturated carbocycles. The van der Waals surface area contributed by atoms with Crippen LogP contribution >= 0.6 is 34.8 Å². The first-order chi connectivity index (χ1) is 5.13. The maximum atomic E-state index is 10.6. The van der Waals surface area contributed by atoms with Crippen molar-refractivity contribution in [3.63, 3.8) is 0 Å². The summed E-state index contributed by atoms with van der Waals surface area (Å²) in [5, 5.41) is 1.91. The molecular weight excluding hydrogens is 210 g/mol. The fraction of sp³-hybridized carbons (Fsp3) is 0.200. The average molecular weight is 213 g/mol. The van der Waals surface area contributed by atoms with Gasteiger partial charge in [0.05, 0.1) is 11.9 Å². The van der Waals surface area contributed by atoms with Crippen LogP contribution in [0.25, 0.3) is 0 Å². The highest BCUT2D eigenvalue weighted by molar-refractivity contribution is 6.69. The molecule has 1 N–H and O–H groups in total. The zero-order valence-corrected chi connectivity index (χ0v) is 7.41. The maximum absolute atomic E-state index is 10.6. The molecule has 0 amide bonds. The Morgan fingerprint density at radius 2 is 2.36 bits per heavy atom. The van der Waals surface area contributed by atoms with Gasteiger partial charge in [0.2, 0.25) is 0 Å². The van der Waals surface area contributed by atoms with Crippen LogP contribution in [0, 0.1) is 0 Å². The highest BCUT2D eigenvalue weighted by atomic mass is 35.5. The fourth-order valence-electron chi connectivity index (χ4n) is 0.598. The van der Waals surface area contributed by atoms with E-state index in [2.05, 4.69) is 10.3 Å². The third-order valence-corrected chi connectivity index (χ3v) is 1.94. The van der Waals surface area contributed by atoms with Crippen LogP contribution in [0.1, 0.15) is 0 Å². The number of aliphatic imine (C=N–C) groups is 1. The molecule has 0 aromatic rings. The van der Waals surface area contributed by atoms with E-state index in [0.717, 1.165) is 0 Å². The van der Waals surface area contributed by atoms with Crippen molar-refractivity contribution in [3.8, 4) is 0 Å². The van der Waals surface area contributed by atoms with E-state index >= 15 is 0 Å². The quantitative estimate of drug-likeness (QED) is 0.406. The minimum Gasteiger partial charge on any atom is -0.356 e. The first-order valence-corrected chi connectivity index (χ1v) is 3.84. The van der Waals surface area contributed by atoms with Crippen LogP contribution in [0.5, 0.6) is 0 Å². The fourth-order valence-corrected chi connectivity index (χ4v) is 1.46. The van der Waals surface area contributed by atoms with Gasteiger partial charge in [0, 0.05) is 0 Å². The summed E-state index contributed by atoms with van der Waals surface area (Å²) in [6.45, 7) is 0. The molecule has 0 aromatic heterocycles. The number of carbonyl (C=O) groups excluding carboxylic acids is 1. The first-order valence-electron chi connectivity index (χ1n) is 2.65. The van der Waals surface area contributed by atoms with Gasteiger partial charge in [0.1, 0.15) is 10.7 Å². The van der Waals surface area contributed by atoms with E-state index in [1.54, 1.807) is 0 Å². The van der Waals surface area contributed by atoms with Crippen molar-refractivity contribution in [1.29, 1.82) is 0 Å². The lowest BCUT2D eigenvalue weighted by molar-refractivity contribution is -0.108. The van der Waals surface area contributed by atoms with E-state index in [4.69, 9.17) is 34.8 Å². The normalized spacial score (nSPS) is 23.4. The van der Waals surface area contributed by atoms with Gasteiger partial charge in [0.25, 0.3) is 5.24 Å². The van der Waals surface area contributed by atoms with Gasteiger partial charge in [-0.05, 0) is 11.6 Å². The summed E-state index contributed by atoms with van der Waals surface area (Å²) in [6.07, 6.45) is 1.31. The molecule has 1 unspecified atom stereocenters. The van der Waals surface area contributed by atoms with Crippen LogP contribution in [0.15, 0.2) is 15.7 Å². The zero-order chi connectivity index (χ0) is 8.43. The third-order valence-electron chi connectivity index (χ3n) is 1.09. The summed E-state index contributed by atoms with van der Waals surface area (Å²) < 4.78 is 0. The molecule has 6 heteroatoms. The molecule has 1 rings (SSSR count). The Balaban J connectivity index is 3.01. The standard InChI is InChI=1S/C5H3Cl3N2O/c6-3-2(5(8)11)4(7)10-1-9-3/h1,3H,(H,9,10). The minimum atomic E-state index is -0.695. The van der Waals surface area contributed by atoms with Crippen molar-refractivity contribution in [2.75, 3.05) is 0 Å². The number of carbonyl (C=O) groups is 1. The van der Waals surface area contributed by atoms with Crippen LogP contribution in [-0.4, -0.2) is 17.1 Å². The number of alkyl halides is 1. The van der Waals surface area contributed by atoms with Gasteiger partial charge in [-0.2, -0.15) is 0 Å². The minimum absolute atomic E-state index is 0.0313. The molecule has 1 aliphatic rings. The highest BCUT2D eigenvalue weighted by Crippen LogP contribution is 2.21. The highest BCUT2D eigenvalue weighted by Gasteiger charge is 2.22. The summed E-state index contributed by atoms with van der Waals surface area (Å²) in [5.74, 6) is 0. The molecule has 0 saturated heterocycles. The van der Waals surface area contributed by atoms with E-state index in [1.165, 1.54) is 6.34 Å². The Kier molecular flexibility index (Phi) is 2.76. The van der Waals surface area contributed by atoms with Crippen molar-refractivity contribution >= 4 is 46.4 Å². The zero-order valence-electron chi connectivity index (χ0n) is 5.14. The van der Waals surface area contributed by atoms with Crippen LogP contribution in [0.4, 0.5) is 0 Å². The van der Waals surface area contributed by atoms with Crippen molar-refractivity contribution in [2.45, 2.75) is 5.50 Å². The Hall–Kier alpha value is -0.250. The van der Waals surface area contributed by atoms with Crippen LogP contribution in [-0.2, 0) is 4.79 Å². The molecule has 0 bridgehead atoms. The van der Waals surface area contributed by atoms with Crippen molar-refractivity contribution in [1.82, 2.24) is 5.32 Å². The van der Waals surface area contributed by atoms with Gasteiger partial charge in [-0.3, -0.25) is 4.79 Å². The number of halogens is 3. The van der Waals surface area contributed by atoms with Gasteiger partial charge >= 0.3 is 0 Å². The summed E-state index contributed by atoms with van der Waals surface area (Å²) in [5.41, 5.74) is -0.609. The molecule has 0 spiro atoms. The number of hydrogen-bond donors (Lipinski definition) is 1. The molecule has 11 heavy (non-hydrogen) atoms. The van der Waals surface area contributed by atoms with Crippen LogP contribution in [0.2, 0.25) is 0 Å². The van der Waals surface area contributed by atoms with E-state index in [1.807, 2.05) is 0 Å². The second-order valence-corrected chi connectivity index (χ2v) is 2.90. The molecule has 3 nitrogen and oxygen atoms in total. The largest absolute Gasteiger partial charge is 0.356 e. The topological polar surface area (TPSA) is 41.5 Å². The van der Waals surface area contributed by atoms with Gasteiger partial charge in [-0.15, -0.1) is 0 Å². The molecule has 0 aliphatic carbocycles. The summed E-state index contributed by atoms with van der Waals surface area (Å²) in [6, 6.07) is 0. The molecular formula is C5H3Cl3N2O. The summed E-state index contributed by atoms with van der Waals surface area (Å²) >= 11 is 16.3. The number of nitrogens with zero attached hydrogens (tertiary/aromatic N) is 1. The van der Waals surface area contributed by atoms with Crippen molar-refractivity contribution < 1.29 is 4.79 Å². The molecule has 0 aromatic carbocycles. The van der Waals surface area contributed by atoms with E-state index in [0.29, 0.717) is 0 Å². The van der Waals surface area contributed by atoms with E-state index < -0.39 is 10.7 Å². The molecule has 60 valence electrons. The lowest BCUT2D eigenvalue weighted by atomic mass is 10.3. The monoisotopic (exact) mass is 212 g/mol. The Labute approximate surface area is 78.0 Å². The smallest absolute Gasteiger partial charge is 0.254 e. The van der Waals surface area contributed by atoms with E-state index in [9.17, 15) is 4.79 Å². The lowest BCUT2D eigenvalue weighted by Gasteiger charge is -2.14. The second kappa shape index (κ2) is 3.43. The average Bonchev–Trinajstić information content (AvgIpc) is 1.85. The van der Waals surface area contributed by atoms with E-state index in [-0.39, 0.29) is 10.7 Å².